The number of amides is 1. The van der Waals surface area contributed by atoms with E-state index in [0.29, 0.717) is 11.4 Å². The molecule has 1 unspecified atom stereocenters. The summed E-state index contributed by atoms with van der Waals surface area (Å²) in [6, 6.07) is 7.30. The maximum absolute atomic E-state index is 12.0. The van der Waals surface area contributed by atoms with Gasteiger partial charge in [0.05, 0.1) is 5.71 Å². The molecule has 0 fully saturated rings. The Morgan fingerprint density at radius 3 is 2.72 bits per heavy atom. The van der Waals surface area contributed by atoms with Crippen LogP contribution in [0.25, 0.3) is 0 Å². The molecule has 0 heterocycles. The first kappa shape index (κ1) is 14.2. The number of anilines is 1. The van der Waals surface area contributed by atoms with Crippen LogP contribution in [0.5, 0.6) is 0 Å². The van der Waals surface area contributed by atoms with Crippen molar-refractivity contribution in [3.8, 4) is 0 Å². The van der Waals surface area contributed by atoms with Crippen LogP contribution in [0.3, 0.4) is 0 Å². The SMILES string of the molecule is CCCC(C)C(=O)Nc1ccccc1/C(C)=N/O. The maximum atomic E-state index is 12.0. The molecule has 18 heavy (non-hydrogen) atoms. The predicted molar refractivity (Wildman–Crippen MR) is 73.1 cm³/mol. The second-order valence-corrected chi connectivity index (χ2v) is 4.41. The Labute approximate surface area is 108 Å². The standard InChI is InChI=1S/C14H20N2O2/c1-4-7-10(2)14(17)15-13-9-6-5-8-12(13)11(3)16-18/h5-6,8-10,18H,4,7H2,1-3H3,(H,15,17)/b16-11+. The Morgan fingerprint density at radius 1 is 1.44 bits per heavy atom. The fourth-order valence-corrected chi connectivity index (χ4v) is 1.78. The van der Waals surface area contributed by atoms with Crippen molar-refractivity contribution < 1.29 is 10.0 Å². The molecule has 1 rings (SSSR count). The van der Waals surface area contributed by atoms with Crippen LogP contribution in [0.4, 0.5) is 5.69 Å². The van der Waals surface area contributed by atoms with Crippen LogP contribution in [0.15, 0.2) is 29.4 Å². The van der Waals surface area contributed by atoms with Crippen molar-refractivity contribution in [3.63, 3.8) is 0 Å². The van der Waals surface area contributed by atoms with E-state index in [4.69, 9.17) is 5.21 Å². The minimum absolute atomic E-state index is 0.00459. The highest BCUT2D eigenvalue weighted by molar-refractivity contribution is 6.06. The van der Waals surface area contributed by atoms with Gasteiger partial charge in [-0.15, -0.1) is 0 Å². The highest BCUT2D eigenvalue weighted by Crippen LogP contribution is 2.18. The van der Waals surface area contributed by atoms with E-state index in [9.17, 15) is 4.79 Å². The molecule has 1 aromatic rings. The number of para-hydroxylation sites is 1. The highest BCUT2D eigenvalue weighted by Gasteiger charge is 2.14. The lowest BCUT2D eigenvalue weighted by Gasteiger charge is -2.13. The minimum Gasteiger partial charge on any atom is -0.411 e. The Hall–Kier alpha value is -1.84. The molecule has 1 atom stereocenters. The molecule has 0 radical (unpaired) electrons. The average Bonchev–Trinajstić information content (AvgIpc) is 2.38. The number of benzene rings is 1. The first-order valence-electron chi connectivity index (χ1n) is 6.19. The number of carbonyl (C=O) groups excluding carboxylic acids is 1. The van der Waals surface area contributed by atoms with Crippen LogP contribution < -0.4 is 5.32 Å². The van der Waals surface area contributed by atoms with E-state index in [-0.39, 0.29) is 11.8 Å². The normalized spacial score (nSPS) is 13.2. The molecule has 4 nitrogen and oxygen atoms in total. The molecule has 4 heteroatoms. The summed E-state index contributed by atoms with van der Waals surface area (Å²) in [5.74, 6) is -0.0236. The molecular formula is C14H20N2O2. The Bertz CT molecular complexity index is 441. The third-order valence-corrected chi connectivity index (χ3v) is 2.89. The Kier molecular flexibility index (Phi) is 5.36. The largest absolute Gasteiger partial charge is 0.411 e. The summed E-state index contributed by atoms with van der Waals surface area (Å²) in [7, 11) is 0. The molecular weight excluding hydrogens is 228 g/mol. The number of carbonyl (C=O) groups is 1. The molecule has 0 aliphatic heterocycles. The number of nitrogens with zero attached hydrogens (tertiary/aromatic N) is 1. The van der Waals surface area contributed by atoms with Crippen molar-refractivity contribution in [2.24, 2.45) is 11.1 Å². The van der Waals surface area contributed by atoms with Crippen LogP contribution in [0.2, 0.25) is 0 Å². The quantitative estimate of drug-likeness (QED) is 0.477. The average molecular weight is 248 g/mol. The molecule has 0 saturated carbocycles. The van der Waals surface area contributed by atoms with Gasteiger partial charge < -0.3 is 10.5 Å². The zero-order valence-electron chi connectivity index (χ0n) is 11.1. The molecule has 1 amide bonds. The van der Waals surface area contributed by atoms with Gasteiger partial charge in [0.15, 0.2) is 0 Å². The third-order valence-electron chi connectivity index (χ3n) is 2.89. The van der Waals surface area contributed by atoms with Crippen molar-refractivity contribution in [1.82, 2.24) is 0 Å². The molecule has 0 aromatic heterocycles. The summed E-state index contributed by atoms with van der Waals surface area (Å²) < 4.78 is 0. The third kappa shape index (κ3) is 3.58. The van der Waals surface area contributed by atoms with E-state index >= 15 is 0 Å². The van der Waals surface area contributed by atoms with Crippen molar-refractivity contribution in [1.29, 1.82) is 0 Å². The predicted octanol–water partition coefficient (Wildman–Crippen LogP) is 3.26. The Morgan fingerprint density at radius 2 is 2.11 bits per heavy atom. The fraction of sp³-hybridized carbons (Fsp3) is 0.429. The highest BCUT2D eigenvalue weighted by atomic mass is 16.4. The second-order valence-electron chi connectivity index (χ2n) is 4.41. The van der Waals surface area contributed by atoms with Gasteiger partial charge in [-0.1, -0.05) is 43.6 Å². The van der Waals surface area contributed by atoms with E-state index in [0.717, 1.165) is 18.4 Å². The molecule has 1 aromatic carbocycles. The Balaban J connectivity index is 2.88. The van der Waals surface area contributed by atoms with Crippen molar-refractivity contribution >= 4 is 17.3 Å². The molecule has 98 valence electrons. The molecule has 0 aliphatic rings. The monoisotopic (exact) mass is 248 g/mol. The number of hydrogen-bond donors (Lipinski definition) is 2. The van der Waals surface area contributed by atoms with Gasteiger partial charge in [0.2, 0.25) is 5.91 Å². The van der Waals surface area contributed by atoms with E-state index in [1.54, 1.807) is 13.0 Å². The van der Waals surface area contributed by atoms with Crippen LogP contribution in [0.1, 0.15) is 39.2 Å². The lowest BCUT2D eigenvalue weighted by Crippen LogP contribution is -2.21. The number of rotatable bonds is 5. The van der Waals surface area contributed by atoms with Crippen LogP contribution in [-0.4, -0.2) is 16.8 Å². The number of hydrogen-bond acceptors (Lipinski definition) is 3. The lowest BCUT2D eigenvalue weighted by molar-refractivity contribution is -0.119. The van der Waals surface area contributed by atoms with E-state index in [1.165, 1.54) is 0 Å². The molecule has 0 saturated heterocycles. The summed E-state index contributed by atoms with van der Waals surface area (Å²) >= 11 is 0. The topological polar surface area (TPSA) is 61.7 Å². The van der Waals surface area contributed by atoms with Gasteiger partial charge in [-0.2, -0.15) is 0 Å². The van der Waals surface area contributed by atoms with Gasteiger partial charge in [-0.25, -0.2) is 0 Å². The van der Waals surface area contributed by atoms with E-state index in [2.05, 4.69) is 17.4 Å². The van der Waals surface area contributed by atoms with Gasteiger partial charge in [0.25, 0.3) is 0 Å². The second kappa shape index (κ2) is 6.79. The van der Waals surface area contributed by atoms with Crippen LogP contribution in [-0.2, 0) is 4.79 Å². The van der Waals surface area contributed by atoms with Gasteiger partial charge in [-0.3, -0.25) is 4.79 Å². The number of nitrogens with one attached hydrogen (secondary N) is 1. The zero-order chi connectivity index (χ0) is 13.5. The summed E-state index contributed by atoms with van der Waals surface area (Å²) in [6.07, 6.45) is 1.84. The molecule has 2 N–H and O–H groups in total. The summed E-state index contributed by atoms with van der Waals surface area (Å²) in [4.78, 5) is 12.0. The summed E-state index contributed by atoms with van der Waals surface area (Å²) in [5.41, 5.74) is 1.90. The lowest BCUT2D eigenvalue weighted by atomic mass is 10.0. The van der Waals surface area contributed by atoms with Crippen LogP contribution in [0, 0.1) is 5.92 Å². The maximum Gasteiger partial charge on any atom is 0.227 e. The van der Waals surface area contributed by atoms with Crippen molar-refractivity contribution in [2.45, 2.75) is 33.6 Å². The van der Waals surface area contributed by atoms with E-state index in [1.807, 2.05) is 25.1 Å². The smallest absolute Gasteiger partial charge is 0.227 e. The van der Waals surface area contributed by atoms with Crippen LogP contribution >= 0.6 is 0 Å². The molecule has 0 bridgehead atoms. The minimum atomic E-state index is -0.0190. The van der Waals surface area contributed by atoms with Crippen molar-refractivity contribution in [2.75, 3.05) is 5.32 Å². The van der Waals surface area contributed by atoms with Gasteiger partial charge in [0.1, 0.15) is 0 Å². The summed E-state index contributed by atoms with van der Waals surface area (Å²) in [6.45, 7) is 5.66. The first-order chi connectivity index (χ1) is 8.60. The summed E-state index contributed by atoms with van der Waals surface area (Å²) in [5, 5.41) is 14.9. The van der Waals surface area contributed by atoms with Gasteiger partial charge in [-0.05, 0) is 19.4 Å². The zero-order valence-corrected chi connectivity index (χ0v) is 11.1. The van der Waals surface area contributed by atoms with Crippen molar-refractivity contribution in [3.05, 3.63) is 29.8 Å². The first-order valence-corrected chi connectivity index (χ1v) is 6.19. The fourth-order valence-electron chi connectivity index (χ4n) is 1.78. The van der Waals surface area contributed by atoms with Gasteiger partial charge >= 0.3 is 0 Å². The molecule has 0 spiro atoms. The number of oxime groups is 1. The van der Waals surface area contributed by atoms with E-state index < -0.39 is 0 Å². The molecule has 0 aliphatic carbocycles. The van der Waals surface area contributed by atoms with Gasteiger partial charge in [0, 0.05) is 17.2 Å².